The van der Waals surface area contributed by atoms with Crippen molar-refractivity contribution in [3.05, 3.63) is 41.2 Å². The maximum atomic E-state index is 12.3. The summed E-state index contributed by atoms with van der Waals surface area (Å²) < 4.78 is 11.5. The molecule has 0 fully saturated rings. The predicted octanol–water partition coefficient (Wildman–Crippen LogP) is 3.74. The fourth-order valence-electron chi connectivity index (χ4n) is 2.24. The lowest BCUT2D eigenvalue weighted by atomic mass is 10.1. The molecular weight excluding hydrogens is 338 g/mol. The highest BCUT2D eigenvalue weighted by atomic mass is 32.1. The number of pyridine rings is 1. The van der Waals surface area contributed by atoms with Gasteiger partial charge in [0.2, 0.25) is 0 Å². The van der Waals surface area contributed by atoms with Crippen LogP contribution in [0.3, 0.4) is 0 Å². The summed E-state index contributed by atoms with van der Waals surface area (Å²) in [6.45, 7) is 9.98. The van der Waals surface area contributed by atoms with Gasteiger partial charge >= 0.3 is 0 Å². The van der Waals surface area contributed by atoms with E-state index in [9.17, 15) is 4.79 Å². The van der Waals surface area contributed by atoms with E-state index in [1.807, 2.05) is 45.2 Å². The van der Waals surface area contributed by atoms with Crippen LogP contribution in [0, 0.1) is 0 Å². The number of carbonyl (C=O) groups excluding carboxylic acids is 1. The van der Waals surface area contributed by atoms with Gasteiger partial charge in [-0.05, 0) is 52.3 Å². The number of amides is 1. The van der Waals surface area contributed by atoms with Crippen LogP contribution in [0.2, 0.25) is 0 Å². The first-order chi connectivity index (χ1) is 11.8. The molecule has 0 saturated heterocycles. The number of aromatic nitrogens is 2. The van der Waals surface area contributed by atoms with Crippen LogP contribution in [0.25, 0.3) is 0 Å². The molecule has 1 N–H and O–H groups in total. The first kappa shape index (κ1) is 19.5. The van der Waals surface area contributed by atoms with Crippen molar-refractivity contribution >= 4 is 22.4 Å². The average Bonchev–Trinajstić information content (AvgIpc) is 3.02. The molecule has 0 unspecified atom stereocenters. The van der Waals surface area contributed by atoms with Crippen molar-refractivity contribution < 1.29 is 14.3 Å². The number of ether oxygens (including phenoxy) is 2. The Morgan fingerprint density at radius 2 is 1.96 bits per heavy atom. The summed E-state index contributed by atoms with van der Waals surface area (Å²) in [4.78, 5) is 20.7. The molecule has 0 aromatic carbocycles. The number of hydrogen-bond donors (Lipinski definition) is 1. The highest BCUT2D eigenvalue weighted by Crippen LogP contribution is 2.29. The largest absolute Gasteiger partial charge is 0.367 e. The van der Waals surface area contributed by atoms with Gasteiger partial charge in [-0.3, -0.25) is 15.1 Å². The van der Waals surface area contributed by atoms with E-state index in [0.29, 0.717) is 11.7 Å². The maximum absolute atomic E-state index is 12.3. The molecule has 6 nitrogen and oxygen atoms in total. The number of hydrogen-bond acceptors (Lipinski definition) is 6. The Kier molecular flexibility index (Phi) is 6.64. The van der Waals surface area contributed by atoms with Crippen LogP contribution in [0.5, 0.6) is 0 Å². The summed E-state index contributed by atoms with van der Waals surface area (Å²) in [5, 5.41) is 5.24. The molecule has 2 heterocycles. The van der Waals surface area contributed by atoms with Gasteiger partial charge in [-0.2, -0.15) is 0 Å². The van der Waals surface area contributed by atoms with Gasteiger partial charge in [-0.25, -0.2) is 4.98 Å². The molecule has 0 aliphatic heterocycles. The van der Waals surface area contributed by atoms with Gasteiger partial charge in [-0.15, -0.1) is 11.3 Å². The minimum absolute atomic E-state index is 0.0938. The quantitative estimate of drug-likeness (QED) is 0.773. The van der Waals surface area contributed by atoms with Gasteiger partial charge in [0.1, 0.15) is 11.7 Å². The Hall–Kier alpha value is -1.83. The summed E-state index contributed by atoms with van der Waals surface area (Å²) in [7, 11) is 0. The number of anilines is 1. The van der Waals surface area contributed by atoms with Gasteiger partial charge in [0.15, 0.2) is 5.13 Å². The summed E-state index contributed by atoms with van der Waals surface area (Å²) in [5.41, 5.74) is 1.27. The van der Waals surface area contributed by atoms with Crippen molar-refractivity contribution in [2.45, 2.75) is 59.0 Å². The van der Waals surface area contributed by atoms with Crippen molar-refractivity contribution in [2.75, 3.05) is 5.32 Å². The van der Waals surface area contributed by atoms with E-state index < -0.39 is 11.7 Å². The van der Waals surface area contributed by atoms with Crippen molar-refractivity contribution in [3.63, 3.8) is 0 Å². The van der Waals surface area contributed by atoms with E-state index in [-0.39, 0.29) is 12.0 Å². The second-order valence-electron chi connectivity index (χ2n) is 6.51. The minimum Gasteiger partial charge on any atom is -0.367 e. The van der Waals surface area contributed by atoms with Crippen molar-refractivity contribution in [1.29, 1.82) is 0 Å². The fraction of sp³-hybridized carbons (Fsp3) is 0.500. The first-order valence-corrected chi connectivity index (χ1v) is 9.11. The van der Waals surface area contributed by atoms with E-state index in [0.717, 1.165) is 11.3 Å². The summed E-state index contributed by atoms with van der Waals surface area (Å²) in [6.07, 6.45) is 2.90. The molecule has 1 amide bonds. The third-order valence-corrected chi connectivity index (χ3v) is 4.26. The molecular formula is C18H25N3O3S. The Morgan fingerprint density at radius 3 is 2.60 bits per heavy atom. The molecule has 136 valence electrons. The lowest BCUT2D eigenvalue weighted by Crippen LogP contribution is -2.28. The van der Waals surface area contributed by atoms with Crippen LogP contribution in [0.4, 0.5) is 5.13 Å². The number of nitrogens with zero attached hydrogens (tertiary/aromatic N) is 2. The van der Waals surface area contributed by atoms with Crippen LogP contribution >= 0.6 is 11.3 Å². The summed E-state index contributed by atoms with van der Waals surface area (Å²) in [6, 6.07) is 3.71. The molecule has 25 heavy (non-hydrogen) atoms. The molecule has 0 radical (unpaired) electrons. The fourth-order valence-corrected chi connectivity index (χ4v) is 3.11. The SMILES string of the molecule is CC(C)OC(C)(C)c1csc(NC(=O)[C@@H](C)OCc2ccncc2)n1. The molecule has 2 rings (SSSR count). The number of nitrogens with one attached hydrogen (secondary N) is 1. The lowest BCUT2D eigenvalue weighted by molar-refractivity contribution is -0.127. The molecule has 0 saturated carbocycles. The Balaban J connectivity index is 1.90. The van der Waals surface area contributed by atoms with E-state index in [2.05, 4.69) is 15.3 Å². The zero-order valence-corrected chi connectivity index (χ0v) is 16.1. The Labute approximate surface area is 152 Å². The highest BCUT2D eigenvalue weighted by Gasteiger charge is 2.26. The van der Waals surface area contributed by atoms with Gasteiger partial charge in [0.05, 0.1) is 18.4 Å². The molecule has 0 bridgehead atoms. The molecule has 0 spiro atoms. The normalized spacial score (nSPS) is 13.0. The monoisotopic (exact) mass is 363 g/mol. The minimum atomic E-state index is -0.583. The number of thiazole rings is 1. The zero-order valence-electron chi connectivity index (χ0n) is 15.3. The second kappa shape index (κ2) is 8.51. The smallest absolute Gasteiger partial charge is 0.255 e. The van der Waals surface area contributed by atoms with Crippen LogP contribution in [-0.2, 0) is 26.5 Å². The Morgan fingerprint density at radius 1 is 1.28 bits per heavy atom. The summed E-state index contributed by atoms with van der Waals surface area (Å²) in [5.74, 6) is -0.224. The maximum Gasteiger partial charge on any atom is 0.255 e. The predicted molar refractivity (Wildman–Crippen MR) is 98.5 cm³/mol. The number of rotatable bonds is 8. The van der Waals surface area contributed by atoms with E-state index in [1.165, 1.54) is 11.3 Å². The van der Waals surface area contributed by atoms with Gasteiger partial charge < -0.3 is 9.47 Å². The highest BCUT2D eigenvalue weighted by molar-refractivity contribution is 7.13. The van der Waals surface area contributed by atoms with Crippen LogP contribution in [0.1, 0.15) is 45.9 Å². The van der Waals surface area contributed by atoms with Gasteiger partial charge in [0.25, 0.3) is 5.91 Å². The molecule has 0 aliphatic carbocycles. The second-order valence-corrected chi connectivity index (χ2v) is 7.37. The van der Waals surface area contributed by atoms with Crippen molar-refractivity contribution in [1.82, 2.24) is 9.97 Å². The van der Waals surface area contributed by atoms with Gasteiger partial charge in [0, 0.05) is 17.8 Å². The van der Waals surface area contributed by atoms with E-state index in [4.69, 9.17) is 9.47 Å². The van der Waals surface area contributed by atoms with Crippen molar-refractivity contribution in [3.8, 4) is 0 Å². The van der Waals surface area contributed by atoms with Crippen molar-refractivity contribution in [2.24, 2.45) is 0 Å². The third-order valence-electron chi connectivity index (χ3n) is 3.50. The summed E-state index contributed by atoms with van der Waals surface area (Å²) >= 11 is 1.38. The first-order valence-electron chi connectivity index (χ1n) is 8.23. The Bertz CT molecular complexity index is 686. The van der Waals surface area contributed by atoms with Crippen LogP contribution < -0.4 is 5.32 Å². The van der Waals surface area contributed by atoms with Crippen LogP contribution in [0.15, 0.2) is 29.9 Å². The van der Waals surface area contributed by atoms with Gasteiger partial charge in [-0.1, -0.05) is 0 Å². The standard InChI is InChI=1S/C18H25N3O3S/c1-12(2)24-18(4,5)15-11-25-17(20-15)21-16(22)13(3)23-10-14-6-8-19-9-7-14/h6-9,11-13H,10H2,1-5H3,(H,20,21,22)/t13-/m1/s1. The third kappa shape index (κ3) is 5.88. The number of carbonyl (C=O) groups is 1. The zero-order chi connectivity index (χ0) is 18.4. The molecule has 1 atom stereocenters. The topological polar surface area (TPSA) is 73.3 Å². The van der Waals surface area contributed by atoms with E-state index in [1.54, 1.807) is 19.3 Å². The lowest BCUT2D eigenvalue weighted by Gasteiger charge is -2.25. The van der Waals surface area contributed by atoms with E-state index >= 15 is 0 Å². The molecule has 0 aliphatic rings. The molecule has 2 aromatic rings. The molecule has 7 heteroatoms. The van der Waals surface area contributed by atoms with Crippen LogP contribution in [-0.4, -0.2) is 28.1 Å². The molecule has 2 aromatic heterocycles. The average molecular weight is 363 g/mol.